The molecule has 3 aromatic rings. The number of carbonyl (C=O) groups excluding carboxylic acids is 1. The highest BCUT2D eigenvalue weighted by atomic mass is 19.1. The van der Waals surface area contributed by atoms with E-state index in [4.69, 9.17) is 0 Å². The number of amides is 1. The minimum absolute atomic E-state index is 0.0232. The summed E-state index contributed by atoms with van der Waals surface area (Å²) in [5.74, 6) is -0.556. The first-order valence-corrected chi connectivity index (χ1v) is 10.7. The van der Waals surface area contributed by atoms with E-state index >= 15 is 0 Å². The summed E-state index contributed by atoms with van der Waals surface area (Å²) < 4.78 is 27.0. The average Bonchev–Trinajstić information content (AvgIpc) is 2.82. The van der Waals surface area contributed by atoms with Crippen LogP contribution in [0, 0.1) is 11.6 Å². The molecule has 1 saturated heterocycles. The lowest BCUT2D eigenvalue weighted by Crippen LogP contribution is -2.49. The Morgan fingerprint density at radius 3 is 1.66 bits per heavy atom. The van der Waals surface area contributed by atoms with Gasteiger partial charge in [0.2, 0.25) is 0 Å². The molecule has 0 atom stereocenters. The van der Waals surface area contributed by atoms with E-state index in [9.17, 15) is 13.6 Å². The molecule has 0 aromatic heterocycles. The molecule has 0 N–H and O–H groups in total. The fraction of sp³-hybridized carbons (Fsp3) is 0.269. The quantitative estimate of drug-likeness (QED) is 0.587. The van der Waals surface area contributed by atoms with Crippen LogP contribution >= 0.6 is 0 Å². The molecule has 4 nitrogen and oxygen atoms in total. The van der Waals surface area contributed by atoms with Gasteiger partial charge in [-0.15, -0.1) is 0 Å². The van der Waals surface area contributed by atoms with Gasteiger partial charge in [-0.1, -0.05) is 24.3 Å². The van der Waals surface area contributed by atoms with Crippen LogP contribution in [0.3, 0.4) is 0 Å². The third-order valence-electron chi connectivity index (χ3n) is 5.97. The molecule has 1 fully saturated rings. The molecule has 6 heteroatoms. The highest BCUT2D eigenvalue weighted by molar-refractivity contribution is 5.94. The van der Waals surface area contributed by atoms with Crippen molar-refractivity contribution in [2.24, 2.45) is 0 Å². The van der Waals surface area contributed by atoms with Crippen molar-refractivity contribution in [1.82, 2.24) is 9.80 Å². The summed E-state index contributed by atoms with van der Waals surface area (Å²) in [5.41, 5.74) is 3.61. The van der Waals surface area contributed by atoms with Gasteiger partial charge >= 0.3 is 0 Å². The van der Waals surface area contributed by atoms with Gasteiger partial charge in [0.05, 0.1) is 6.04 Å². The smallest absolute Gasteiger partial charge is 0.253 e. The first kappa shape index (κ1) is 22.0. The molecule has 0 saturated carbocycles. The Morgan fingerprint density at radius 2 is 1.22 bits per heavy atom. The van der Waals surface area contributed by atoms with E-state index in [1.54, 1.807) is 24.3 Å². The van der Waals surface area contributed by atoms with Crippen LogP contribution < -0.4 is 4.90 Å². The lowest BCUT2D eigenvalue weighted by molar-refractivity contribution is 0.0597. The molecule has 0 spiro atoms. The fourth-order valence-corrected chi connectivity index (χ4v) is 4.17. The normalized spacial score (nSPS) is 14.6. The van der Waals surface area contributed by atoms with Crippen LogP contribution in [0.5, 0.6) is 0 Å². The molecule has 1 amide bonds. The summed E-state index contributed by atoms with van der Waals surface area (Å²) in [4.78, 5) is 19.1. The van der Waals surface area contributed by atoms with Crippen molar-refractivity contribution in [3.63, 3.8) is 0 Å². The van der Waals surface area contributed by atoms with Crippen molar-refractivity contribution >= 4 is 11.6 Å². The SMILES string of the molecule is CN(C)c1ccc(C(=O)N2CCN(C(c3ccc(F)cc3)c3ccc(F)cc3)CC2)cc1. The Labute approximate surface area is 187 Å². The van der Waals surface area contributed by atoms with Crippen molar-refractivity contribution in [1.29, 1.82) is 0 Å². The predicted molar refractivity (Wildman–Crippen MR) is 123 cm³/mol. The number of hydrogen-bond acceptors (Lipinski definition) is 3. The van der Waals surface area contributed by atoms with Crippen LogP contribution in [0.2, 0.25) is 0 Å². The van der Waals surface area contributed by atoms with E-state index < -0.39 is 0 Å². The second kappa shape index (κ2) is 9.49. The molecular formula is C26H27F2N3O. The third-order valence-corrected chi connectivity index (χ3v) is 5.97. The maximum absolute atomic E-state index is 13.5. The van der Waals surface area contributed by atoms with Crippen LogP contribution in [-0.4, -0.2) is 56.0 Å². The lowest BCUT2D eigenvalue weighted by Gasteiger charge is -2.40. The number of carbonyl (C=O) groups is 1. The zero-order valence-electron chi connectivity index (χ0n) is 18.3. The van der Waals surface area contributed by atoms with Gasteiger partial charge in [0.15, 0.2) is 0 Å². The molecule has 0 radical (unpaired) electrons. The molecule has 0 aliphatic carbocycles. The van der Waals surface area contributed by atoms with Crippen LogP contribution in [-0.2, 0) is 0 Å². The third kappa shape index (κ3) is 4.81. The zero-order valence-corrected chi connectivity index (χ0v) is 18.3. The monoisotopic (exact) mass is 435 g/mol. The molecule has 166 valence electrons. The maximum atomic E-state index is 13.5. The van der Waals surface area contributed by atoms with Gasteiger partial charge in [-0.25, -0.2) is 8.78 Å². The van der Waals surface area contributed by atoms with Gasteiger partial charge in [0.25, 0.3) is 5.91 Å². The van der Waals surface area contributed by atoms with E-state index in [1.807, 2.05) is 48.2 Å². The molecule has 1 aliphatic heterocycles. The van der Waals surface area contributed by atoms with Crippen LogP contribution in [0.1, 0.15) is 27.5 Å². The van der Waals surface area contributed by atoms with Gasteiger partial charge in [-0.2, -0.15) is 0 Å². The van der Waals surface area contributed by atoms with Crippen molar-refractivity contribution in [3.05, 3.63) is 101 Å². The van der Waals surface area contributed by atoms with Crippen molar-refractivity contribution < 1.29 is 13.6 Å². The minimum atomic E-state index is -0.290. The number of nitrogens with zero attached hydrogens (tertiary/aromatic N) is 3. The largest absolute Gasteiger partial charge is 0.378 e. The van der Waals surface area contributed by atoms with Crippen molar-refractivity contribution in [3.8, 4) is 0 Å². The van der Waals surface area contributed by atoms with Crippen molar-refractivity contribution in [2.45, 2.75) is 6.04 Å². The van der Waals surface area contributed by atoms with E-state index in [2.05, 4.69) is 4.90 Å². The minimum Gasteiger partial charge on any atom is -0.378 e. The van der Waals surface area contributed by atoms with E-state index in [-0.39, 0.29) is 23.6 Å². The van der Waals surface area contributed by atoms with Gasteiger partial charge < -0.3 is 9.80 Å². The Kier molecular flexibility index (Phi) is 6.51. The molecule has 1 heterocycles. The van der Waals surface area contributed by atoms with Crippen LogP contribution in [0.4, 0.5) is 14.5 Å². The molecule has 0 bridgehead atoms. The number of hydrogen-bond donors (Lipinski definition) is 0. The topological polar surface area (TPSA) is 26.8 Å². The summed E-state index contributed by atoms with van der Waals surface area (Å²) >= 11 is 0. The predicted octanol–water partition coefficient (Wildman–Crippen LogP) is 4.58. The zero-order chi connectivity index (χ0) is 22.7. The van der Waals surface area contributed by atoms with Gasteiger partial charge in [-0.05, 0) is 59.7 Å². The summed E-state index contributed by atoms with van der Waals surface area (Å²) in [5, 5.41) is 0. The van der Waals surface area contributed by atoms with E-state index in [1.165, 1.54) is 24.3 Å². The van der Waals surface area contributed by atoms with Gasteiger partial charge in [0, 0.05) is 51.5 Å². The summed E-state index contributed by atoms with van der Waals surface area (Å²) in [6.45, 7) is 2.52. The van der Waals surface area contributed by atoms with Gasteiger partial charge in [-0.3, -0.25) is 9.69 Å². The second-order valence-corrected chi connectivity index (χ2v) is 8.28. The summed E-state index contributed by atoms with van der Waals surface area (Å²) in [6, 6.07) is 20.4. The first-order chi connectivity index (χ1) is 15.4. The maximum Gasteiger partial charge on any atom is 0.253 e. The number of halogens is 2. The number of rotatable bonds is 5. The molecule has 1 aliphatic rings. The van der Waals surface area contributed by atoms with E-state index in [0.717, 1.165) is 16.8 Å². The average molecular weight is 436 g/mol. The Hall–Kier alpha value is -3.25. The highest BCUT2D eigenvalue weighted by Crippen LogP contribution is 2.30. The molecule has 4 rings (SSSR count). The van der Waals surface area contributed by atoms with Crippen molar-refractivity contribution in [2.75, 3.05) is 45.2 Å². The van der Waals surface area contributed by atoms with Crippen LogP contribution in [0.25, 0.3) is 0 Å². The second-order valence-electron chi connectivity index (χ2n) is 8.28. The standard InChI is InChI=1S/C26H27F2N3O/c1-29(2)24-13-7-21(8-14-24)26(32)31-17-15-30(16-18-31)25(19-3-9-22(27)10-4-19)20-5-11-23(28)12-6-20/h3-14,25H,15-18H2,1-2H3. The fourth-order valence-electron chi connectivity index (χ4n) is 4.17. The lowest BCUT2D eigenvalue weighted by atomic mass is 9.96. The molecular weight excluding hydrogens is 408 g/mol. The first-order valence-electron chi connectivity index (χ1n) is 10.7. The van der Waals surface area contributed by atoms with Crippen LogP contribution in [0.15, 0.2) is 72.8 Å². The summed E-state index contributed by atoms with van der Waals surface area (Å²) in [6.07, 6.45) is 0. The Balaban J connectivity index is 1.50. The highest BCUT2D eigenvalue weighted by Gasteiger charge is 2.28. The Bertz CT molecular complexity index is 996. The number of anilines is 1. The number of piperazine rings is 1. The number of benzene rings is 3. The van der Waals surface area contributed by atoms with E-state index in [0.29, 0.717) is 31.7 Å². The molecule has 0 unspecified atom stereocenters. The molecule has 32 heavy (non-hydrogen) atoms. The summed E-state index contributed by atoms with van der Waals surface area (Å²) in [7, 11) is 3.93. The van der Waals surface area contributed by atoms with Gasteiger partial charge in [0.1, 0.15) is 11.6 Å². The molecule has 3 aromatic carbocycles. The Morgan fingerprint density at radius 1 is 0.750 bits per heavy atom.